The molecule has 0 heterocycles. The van der Waals surface area contributed by atoms with Crippen LogP contribution < -0.4 is 5.32 Å². The van der Waals surface area contributed by atoms with Crippen LogP contribution in [0.3, 0.4) is 0 Å². The number of nitrogens with one attached hydrogen (secondary N) is 1. The Hall–Kier alpha value is -2.62. The van der Waals surface area contributed by atoms with Crippen molar-refractivity contribution in [3.63, 3.8) is 0 Å². The smallest absolute Gasteiger partial charge is 0.309 e. The highest BCUT2D eigenvalue weighted by molar-refractivity contribution is 5.98. The van der Waals surface area contributed by atoms with Crippen LogP contribution in [0.2, 0.25) is 0 Å². The monoisotopic (exact) mass is 407 g/mol. The Balaban J connectivity index is 1.58. The van der Waals surface area contributed by atoms with Gasteiger partial charge in [0.25, 0.3) is 5.91 Å². The number of carbonyl (C=O) groups is 2. The molecule has 1 fully saturated rings. The molecule has 1 aliphatic carbocycles. The molecule has 4 heteroatoms. The highest BCUT2D eigenvalue weighted by Gasteiger charge is 2.34. The van der Waals surface area contributed by atoms with Crippen LogP contribution in [0.25, 0.3) is 11.1 Å². The van der Waals surface area contributed by atoms with Crippen LogP contribution in [0.5, 0.6) is 0 Å². The van der Waals surface area contributed by atoms with Crippen LogP contribution >= 0.6 is 0 Å². The molecule has 3 rings (SSSR count). The molecule has 1 amide bonds. The van der Waals surface area contributed by atoms with Crippen LogP contribution in [0, 0.1) is 17.3 Å². The third-order valence-electron chi connectivity index (χ3n) is 6.22. The summed E-state index contributed by atoms with van der Waals surface area (Å²) in [6.07, 6.45) is 2.92. The second-order valence-corrected chi connectivity index (χ2v) is 9.39. The predicted molar refractivity (Wildman–Crippen MR) is 121 cm³/mol. The average Bonchev–Trinajstić information content (AvgIpc) is 2.74. The first-order chi connectivity index (χ1) is 14.3. The van der Waals surface area contributed by atoms with E-state index in [0.29, 0.717) is 11.6 Å². The fourth-order valence-electron chi connectivity index (χ4n) is 4.22. The summed E-state index contributed by atoms with van der Waals surface area (Å²) in [5.74, 6) is -0.0244. The van der Waals surface area contributed by atoms with Crippen molar-refractivity contribution in [3.8, 4) is 11.1 Å². The Morgan fingerprint density at radius 2 is 1.53 bits per heavy atom. The van der Waals surface area contributed by atoms with Gasteiger partial charge >= 0.3 is 5.97 Å². The summed E-state index contributed by atoms with van der Waals surface area (Å²) >= 11 is 0. The maximum atomic E-state index is 12.7. The Morgan fingerprint density at radius 3 is 2.17 bits per heavy atom. The molecule has 160 valence electrons. The number of esters is 1. The molecule has 2 aromatic carbocycles. The highest BCUT2D eigenvalue weighted by Crippen LogP contribution is 2.40. The summed E-state index contributed by atoms with van der Waals surface area (Å²) in [7, 11) is 0. The molecular formula is C26H33NO3. The first-order valence-corrected chi connectivity index (χ1v) is 10.9. The molecular weight excluding hydrogens is 374 g/mol. The van der Waals surface area contributed by atoms with Gasteiger partial charge in [0, 0.05) is 11.3 Å². The molecule has 30 heavy (non-hydrogen) atoms. The third kappa shape index (κ3) is 5.50. The van der Waals surface area contributed by atoms with E-state index in [1.165, 1.54) is 0 Å². The number of para-hydroxylation sites is 1. The number of hydrogen-bond donors (Lipinski definition) is 1. The predicted octanol–water partition coefficient (Wildman–Crippen LogP) is 6.08. The minimum absolute atomic E-state index is 0.101. The third-order valence-corrected chi connectivity index (χ3v) is 6.22. The zero-order chi connectivity index (χ0) is 21.7. The van der Waals surface area contributed by atoms with Crippen molar-refractivity contribution in [2.75, 3.05) is 5.32 Å². The molecule has 0 aromatic heterocycles. The largest absolute Gasteiger partial charge is 0.452 e. The number of benzene rings is 2. The van der Waals surface area contributed by atoms with Gasteiger partial charge in [-0.1, -0.05) is 69.3 Å². The van der Waals surface area contributed by atoms with Crippen LogP contribution in [-0.4, -0.2) is 18.0 Å². The zero-order valence-corrected chi connectivity index (χ0v) is 18.5. The van der Waals surface area contributed by atoms with Gasteiger partial charge in [-0.15, -0.1) is 0 Å². The molecule has 2 aromatic rings. The number of rotatable bonds is 5. The molecule has 0 unspecified atom stereocenters. The van der Waals surface area contributed by atoms with Gasteiger partial charge in [-0.2, -0.15) is 0 Å². The molecule has 1 aliphatic rings. The van der Waals surface area contributed by atoms with E-state index in [1.807, 2.05) is 54.6 Å². The van der Waals surface area contributed by atoms with Crippen molar-refractivity contribution >= 4 is 17.6 Å². The first-order valence-electron chi connectivity index (χ1n) is 10.9. The topological polar surface area (TPSA) is 55.4 Å². The van der Waals surface area contributed by atoms with Crippen molar-refractivity contribution < 1.29 is 14.3 Å². The summed E-state index contributed by atoms with van der Waals surface area (Å²) in [6, 6.07) is 17.5. The van der Waals surface area contributed by atoms with Gasteiger partial charge in [0.1, 0.15) is 0 Å². The van der Waals surface area contributed by atoms with Crippen molar-refractivity contribution in [2.45, 2.75) is 59.5 Å². The van der Waals surface area contributed by atoms with E-state index >= 15 is 0 Å². The molecule has 4 nitrogen and oxygen atoms in total. The van der Waals surface area contributed by atoms with Crippen LogP contribution in [0.15, 0.2) is 54.6 Å². The lowest BCUT2D eigenvalue weighted by molar-refractivity contribution is -0.158. The van der Waals surface area contributed by atoms with E-state index in [4.69, 9.17) is 4.74 Å². The fraction of sp³-hybridized carbons (Fsp3) is 0.462. The maximum absolute atomic E-state index is 12.7. The Bertz CT molecular complexity index is 861. The standard InChI is InChI=1S/C26H33NO3/c1-18(30-25(29)20-14-16-21(17-15-20)26(2,3)4)24(28)27-23-13-9-8-12-22(23)19-10-6-5-7-11-19/h5-13,18,20-21H,14-17H2,1-4H3,(H,27,28)/t18-,20?,21?/m1/s1. The van der Waals surface area contributed by atoms with E-state index in [0.717, 1.165) is 36.8 Å². The summed E-state index contributed by atoms with van der Waals surface area (Å²) in [6.45, 7) is 8.42. The SMILES string of the molecule is C[C@@H](OC(=O)C1CCC(C(C)(C)C)CC1)C(=O)Nc1ccccc1-c1ccccc1. The average molecular weight is 408 g/mol. The molecule has 0 aliphatic heterocycles. The summed E-state index contributed by atoms with van der Waals surface area (Å²) in [5, 5.41) is 2.93. The van der Waals surface area contributed by atoms with E-state index in [2.05, 4.69) is 26.1 Å². The van der Waals surface area contributed by atoms with Gasteiger partial charge in [-0.25, -0.2) is 0 Å². The second kappa shape index (κ2) is 9.46. The first kappa shape index (κ1) is 22.1. The summed E-state index contributed by atoms with van der Waals surface area (Å²) in [4.78, 5) is 25.3. The van der Waals surface area contributed by atoms with Crippen LogP contribution in [0.4, 0.5) is 5.69 Å². The van der Waals surface area contributed by atoms with Crippen LogP contribution in [0.1, 0.15) is 53.4 Å². The van der Waals surface area contributed by atoms with Gasteiger partial charge in [0.2, 0.25) is 0 Å². The van der Waals surface area contributed by atoms with Crippen molar-refractivity contribution in [1.82, 2.24) is 0 Å². The van der Waals surface area contributed by atoms with Gasteiger partial charge in [0.15, 0.2) is 6.10 Å². The lowest BCUT2D eigenvalue weighted by atomic mass is 9.70. The second-order valence-electron chi connectivity index (χ2n) is 9.39. The summed E-state index contributed by atoms with van der Waals surface area (Å²) in [5.41, 5.74) is 2.94. The number of anilines is 1. The van der Waals surface area contributed by atoms with E-state index in [-0.39, 0.29) is 23.2 Å². The van der Waals surface area contributed by atoms with E-state index in [9.17, 15) is 9.59 Å². The van der Waals surface area contributed by atoms with Crippen molar-refractivity contribution in [1.29, 1.82) is 0 Å². The van der Waals surface area contributed by atoms with Gasteiger partial charge in [0.05, 0.1) is 5.92 Å². The number of amides is 1. The quantitative estimate of drug-likeness (QED) is 0.612. The molecule has 1 N–H and O–H groups in total. The fourth-order valence-corrected chi connectivity index (χ4v) is 4.22. The lowest BCUT2D eigenvalue weighted by Gasteiger charge is -2.36. The highest BCUT2D eigenvalue weighted by atomic mass is 16.5. The maximum Gasteiger partial charge on any atom is 0.309 e. The van der Waals surface area contributed by atoms with Crippen LogP contribution in [-0.2, 0) is 14.3 Å². The van der Waals surface area contributed by atoms with Gasteiger partial charge in [-0.05, 0) is 55.6 Å². The molecule has 0 saturated heterocycles. The molecule has 1 atom stereocenters. The normalized spacial score (nSPS) is 20.3. The Kier molecular flexibility index (Phi) is 6.96. The number of ether oxygens (including phenoxy) is 1. The Labute approximate surface area is 180 Å². The number of hydrogen-bond acceptors (Lipinski definition) is 3. The molecule has 0 radical (unpaired) electrons. The summed E-state index contributed by atoms with van der Waals surface area (Å²) < 4.78 is 5.54. The lowest BCUT2D eigenvalue weighted by Crippen LogP contribution is -2.34. The van der Waals surface area contributed by atoms with Crippen molar-refractivity contribution in [2.24, 2.45) is 17.3 Å². The molecule has 0 spiro atoms. The molecule has 1 saturated carbocycles. The number of carbonyl (C=O) groups excluding carboxylic acids is 2. The Morgan fingerprint density at radius 1 is 0.933 bits per heavy atom. The molecule has 0 bridgehead atoms. The van der Waals surface area contributed by atoms with Crippen molar-refractivity contribution in [3.05, 3.63) is 54.6 Å². The minimum atomic E-state index is -0.832. The van der Waals surface area contributed by atoms with E-state index < -0.39 is 6.10 Å². The van der Waals surface area contributed by atoms with E-state index in [1.54, 1.807) is 6.92 Å². The zero-order valence-electron chi connectivity index (χ0n) is 18.5. The minimum Gasteiger partial charge on any atom is -0.452 e. The van der Waals surface area contributed by atoms with Gasteiger partial charge < -0.3 is 10.1 Å². The van der Waals surface area contributed by atoms with Gasteiger partial charge in [-0.3, -0.25) is 9.59 Å².